The Morgan fingerprint density at radius 2 is 2.14 bits per heavy atom. The molecule has 1 spiro atoms. The smallest absolute Gasteiger partial charge is 0.262 e. The van der Waals surface area contributed by atoms with Gasteiger partial charge in [-0.3, -0.25) is 14.4 Å². The second-order valence-corrected chi connectivity index (χ2v) is 8.30. The first kappa shape index (κ1) is 21.0. The van der Waals surface area contributed by atoms with E-state index in [4.69, 9.17) is 10.5 Å². The Hall–Kier alpha value is -1.68. The monoisotopic (exact) mass is 428 g/mol. The minimum absolute atomic E-state index is 0. The summed E-state index contributed by atoms with van der Waals surface area (Å²) in [5, 5.41) is 5.56. The van der Waals surface area contributed by atoms with Crippen LogP contribution in [0.1, 0.15) is 39.4 Å². The summed E-state index contributed by atoms with van der Waals surface area (Å²) in [6, 6.07) is 1.48. The highest BCUT2D eigenvalue weighted by Gasteiger charge is 2.43. The van der Waals surface area contributed by atoms with Crippen LogP contribution in [0.4, 0.5) is 0 Å². The van der Waals surface area contributed by atoms with Crippen LogP contribution in [-0.4, -0.2) is 61.4 Å². The first-order chi connectivity index (χ1) is 13.0. The van der Waals surface area contributed by atoms with Crippen LogP contribution < -0.4 is 16.4 Å². The fourth-order valence-electron chi connectivity index (χ4n) is 4.11. The molecule has 1 aromatic rings. The van der Waals surface area contributed by atoms with E-state index in [-0.39, 0.29) is 36.7 Å². The zero-order valence-corrected chi connectivity index (χ0v) is 17.1. The summed E-state index contributed by atoms with van der Waals surface area (Å²) in [6.45, 7) is 2.45. The van der Waals surface area contributed by atoms with E-state index < -0.39 is 11.6 Å². The van der Waals surface area contributed by atoms with Gasteiger partial charge < -0.3 is 26.0 Å². The molecular formula is C18H25ClN4O4S. The standard InChI is InChI=1S/C18H24N4O4S.ClH/c19-10-14(23)22-6-3-18(4-7-22)15-11(2-8-26-18)9-13(27-15)17(25)21-12-1-5-20-16(12)24;/h9,12H,1-8,10,19H2,(H,20,24)(H,21,25);1H. The largest absolute Gasteiger partial charge is 0.369 e. The number of thiophene rings is 1. The average molecular weight is 429 g/mol. The Labute approximate surface area is 173 Å². The Balaban J connectivity index is 0.00000225. The topological polar surface area (TPSA) is 114 Å². The van der Waals surface area contributed by atoms with Crippen molar-refractivity contribution in [2.45, 2.75) is 37.3 Å². The molecular weight excluding hydrogens is 404 g/mol. The van der Waals surface area contributed by atoms with E-state index in [9.17, 15) is 14.4 Å². The van der Waals surface area contributed by atoms with Gasteiger partial charge in [0.2, 0.25) is 11.8 Å². The van der Waals surface area contributed by atoms with Gasteiger partial charge in [0.1, 0.15) is 11.6 Å². The highest BCUT2D eigenvalue weighted by molar-refractivity contribution is 7.14. The van der Waals surface area contributed by atoms with E-state index in [2.05, 4.69) is 10.6 Å². The normalized spacial score (nSPS) is 23.0. The Kier molecular flexibility index (Phi) is 6.28. The highest BCUT2D eigenvalue weighted by atomic mass is 35.5. The predicted octanol–water partition coefficient (Wildman–Crippen LogP) is 0.137. The number of rotatable bonds is 3. The molecule has 3 amide bonds. The molecule has 0 aromatic carbocycles. The van der Waals surface area contributed by atoms with Gasteiger partial charge in [0, 0.05) is 24.5 Å². The maximum Gasteiger partial charge on any atom is 0.262 e. The molecule has 1 atom stereocenters. The lowest BCUT2D eigenvalue weighted by Gasteiger charge is -2.43. The Bertz CT molecular complexity index is 776. The number of likely N-dealkylation sites (tertiary alicyclic amines) is 1. The molecule has 154 valence electrons. The molecule has 1 unspecified atom stereocenters. The van der Waals surface area contributed by atoms with Gasteiger partial charge in [-0.15, -0.1) is 23.7 Å². The fourth-order valence-corrected chi connectivity index (χ4v) is 5.43. The van der Waals surface area contributed by atoms with Gasteiger partial charge in [0.15, 0.2) is 0 Å². The van der Waals surface area contributed by atoms with Gasteiger partial charge in [-0.2, -0.15) is 0 Å². The van der Waals surface area contributed by atoms with Crippen LogP contribution in [-0.2, 0) is 26.3 Å². The highest BCUT2D eigenvalue weighted by Crippen LogP contribution is 2.45. The molecule has 2 fully saturated rings. The molecule has 4 rings (SSSR count). The number of hydrogen-bond donors (Lipinski definition) is 3. The lowest BCUT2D eigenvalue weighted by molar-refractivity contribution is -0.138. The maximum absolute atomic E-state index is 12.6. The Morgan fingerprint density at radius 1 is 1.39 bits per heavy atom. The van der Waals surface area contributed by atoms with Crippen LogP contribution in [0.15, 0.2) is 6.07 Å². The lowest BCUT2D eigenvalue weighted by Crippen LogP contribution is -2.49. The zero-order chi connectivity index (χ0) is 19.0. The number of carbonyl (C=O) groups excluding carboxylic acids is 3. The van der Waals surface area contributed by atoms with Gasteiger partial charge in [0.25, 0.3) is 5.91 Å². The molecule has 10 heteroatoms. The number of nitrogens with zero attached hydrogens (tertiary/aromatic N) is 1. The van der Waals surface area contributed by atoms with E-state index in [0.29, 0.717) is 50.4 Å². The van der Waals surface area contributed by atoms with Crippen molar-refractivity contribution in [3.63, 3.8) is 0 Å². The van der Waals surface area contributed by atoms with E-state index in [0.717, 1.165) is 16.9 Å². The third-order valence-corrected chi connectivity index (χ3v) is 7.01. The summed E-state index contributed by atoms with van der Waals surface area (Å²) in [7, 11) is 0. The summed E-state index contributed by atoms with van der Waals surface area (Å²) >= 11 is 1.45. The molecule has 0 bridgehead atoms. The number of piperidine rings is 1. The molecule has 2 saturated heterocycles. The fraction of sp³-hybridized carbons (Fsp3) is 0.611. The number of nitrogens with two attached hydrogens (primary N) is 1. The van der Waals surface area contributed by atoms with E-state index >= 15 is 0 Å². The second-order valence-electron chi connectivity index (χ2n) is 7.25. The van der Waals surface area contributed by atoms with Crippen molar-refractivity contribution < 1.29 is 19.1 Å². The van der Waals surface area contributed by atoms with Crippen LogP contribution in [0.25, 0.3) is 0 Å². The SMILES string of the molecule is Cl.NCC(=O)N1CCC2(CC1)OCCc1cc(C(=O)NC3CCNC3=O)sc12. The van der Waals surface area contributed by atoms with Gasteiger partial charge in [-0.25, -0.2) is 0 Å². The summed E-state index contributed by atoms with van der Waals surface area (Å²) < 4.78 is 6.18. The van der Waals surface area contributed by atoms with E-state index in [1.165, 1.54) is 11.3 Å². The molecule has 4 heterocycles. The van der Waals surface area contributed by atoms with Crippen LogP contribution in [0.3, 0.4) is 0 Å². The van der Waals surface area contributed by atoms with Crippen molar-refractivity contribution in [2.75, 3.05) is 32.8 Å². The quantitative estimate of drug-likeness (QED) is 0.633. The van der Waals surface area contributed by atoms with Crippen LogP contribution >= 0.6 is 23.7 Å². The summed E-state index contributed by atoms with van der Waals surface area (Å²) in [6.07, 6.45) is 2.81. The molecule has 0 aliphatic carbocycles. The minimum atomic E-state index is -0.452. The predicted molar refractivity (Wildman–Crippen MR) is 107 cm³/mol. The molecule has 4 N–H and O–H groups in total. The molecule has 3 aliphatic rings. The van der Waals surface area contributed by atoms with Gasteiger partial charge in [-0.1, -0.05) is 0 Å². The first-order valence-electron chi connectivity index (χ1n) is 9.36. The molecule has 0 radical (unpaired) electrons. The zero-order valence-electron chi connectivity index (χ0n) is 15.5. The third kappa shape index (κ3) is 3.76. The van der Waals surface area contributed by atoms with Gasteiger partial charge in [0.05, 0.1) is 18.0 Å². The van der Waals surface area contributed by atoms with Crippen LogP contribution in [0, 0.1) is 0 Å². The molecule has 0 saturated carbocycles. The van der Waals surface area contributed by atoms with Crippen molar-refractivity contribution in [3.05, 3.63) is 21.4 Å². The van der Waals surface area contributed by atoms with Crippen molar-refractivity contribution in [2.24, 2.45) is 5.73 Å². The molecule has 1 aromatic heterocycles. The molecule has 28 heavy (non-hydrogen) atoms. The first-order valence-corrected chi connectivity index (χ1v) is 10.2. The minimum Gasteiger partial charge on any atom is -0.369 e. The van der Waals surface area contributed by atoms with Crippen LogP contribution in [0.2, 0.25) is 0 Å². The molecule has 8 nitrogen and oxygen atoms in total. The third-order valence-electron chi connectivity index (χ3n) is 5.65. The summed E-state index contributed by atoms with van der Waals surface area (Å²) in [5.74, 6) is -0.370. The lowest BCUT2D eigenvalue weighted by atomic mass is 9.85. The second kappa shape index (κ2) is 8.36. The van der Waals surface area contributed by atoms with Crippen molar-refractivity contribution in [3.8, 4) is 0 Å². The maximum atomic E-state index is 12.6. The number of fused-ring (bicyclic) bond motifs is 2. The number of carbonyl (C=O) groups is 3. The van der Waals surface area contributed by atoms with Gasteiger partial charge >= 0.3 is 0 Å². The van der Waals surface area contributed by atoms with Crippen molar-refractivity contribution >= 4 is 41.5 Å². The molecule has 3 aliphatic heterocycles. The number of amides is 3. The number of nitrogens with one attached hydrogen (secondary N) is 2. The van der Waals surface area contributed by atoms with Gasteiger partial charge in [-0.05, 0) is 37.3 Å². The number of ether oxygens (including phenoxy) is 1. The van der Waals surface area contributed by atoms with E-state index in [1.54, 1.807) is 4.90 Å². The number of halogens is 1. The van der Waals surface area contributed by atoms with Crippen molar-refractivity contribution in [1.82, 2.24) is 15.5 Å². The van der Waals surface area contributed by atoms with Crippen molar-refractivity contribution in [1.29, 1.82) is 0 Å². The number of hydrogen-bond acceptors (Lipinski definition) is 6. The Morgan fingerprint density at radius 3 is 2.79 bits per heavy atom. The average Bonchev–Trinajstić information content (AvgIpc) is 3.29. The van der Waals surface area contributed by atoms with Crippen LogP contribution in [0.5, 0.6) is 0 Å². The van der Waals surface area contributed by atoms with E-state index in [1.807, 2.05) is 6.07 Å². The summed E-state index contributed by atoms with van der Waals surface area (Å²) in [5.41, 5.74) is 6.19. The summed E-state index contributed by atoms with van der Waals surface area (Å²) in [4.78, 5) is 39.7.